The first-order valence-electron chi connectivity index (χ1n) is 5.01. The van der Waals surface area contributed by atoms with Gasteiger partial charge in [-0.25, -0.2) is 18.4 Å². The molecule has 0 spiro atoms. The molecular weight excluding hydrogens is 275 g/mol. The number of alkyl halides is 5. The van der Waals surface area contributed by atoms with Gasteiger partial charge >= 0.3 is 6.18 Å². The number of nitrogens with zero attached hydrogens (tertiary/aromatic N) is 4. The van der Waals surface area contributed by atoms with E-state index in [1.54, 1.807) is 0 Å². The van der Waals surface area contributed by atoms with Crippen LogP contribution in [0.25, 0.3) is 6.20 Å². The van der Waals surface area contributed by atoms with Crippen molar-refractivity contribution in [3.63, 3.8) is 0 Å². The molecule has 1 amide bonds. The number of amides is 1. The van der Waals surface area contributed by atoms with E-state index in [0.717, 1.165) is 23.5 Å². The van der Waals surface area contributed by atoms with Crippen molar-refractivity contribution in [1.29, 1.82) is 0 Å². The summed E-state index contributed by atoms with van der Waals surface area (Å²) in [6.45, 7) is -1.39. The summed E-state index contributed by atoms with van der Waals surface area (Å²) in [6, 6.07) is 0. The fourth-order valence-corrected chi connectivity index (χ4v) is 1.39. The second kappa shape index (κ2) is 4.28. The number of hydrogen-bond donors (Lipinski definition) is 0. The third-order valence-electron chi connectivity index (χ3n) is 2.29. The van der Waals surface area contributed by atoms with Crippen LogP contribution in [0.5, 0.6) is 0 Å². The maximum atomic E-state index is 12.5. The van der Waals surface area contributed by atoms with E-state index < -0.39 is 36.9 Å². The van der Waals surface area contributed by atoms with E-state index in [1.807, 2.05) is 0 Å². The van der Waals surface area contributed by atoms with Crippen molar-refractivity contribution < 1.29 is 26.7 Å². The summed E-state index contributed by atoms with van der Waals surface area (Å²) in [4.78, 5) is 15.2. The standard InChI is InChI=1S/C9H7F5N4O/c10-8(11)3-17(4-8)6(19)1-2-18-5-15-7(16-18)9(12,13)14/h1-2,5H,3-4H2/b2-1+. The van der Waals surface area contributed by atoms with Crippen LogP contribution in [0, 0.1) is 0 Å². The number of carbonyl (C=O) groups is 1. The van der Waals surface area contributed by atoms with Gasteiger partial charge < -0.3 is 4.90 Å². The van der Waals surface area contributed by atoms with Crippen molar-refractivity contribution in [3.8, 4) is 0 Å². The summed E-state index contributed by atoms with van der Waals surface area (Å²) in [6.07, 6.45) is -2.15. The molecule has 19 heavy (non-hydrogen) atoms. The van der Waals surface area contributed by atoms with Gasteiger partial charge in [0.1, 0.15) is 6.33 Å². The van der Waals surface area contributed by atoms with Gasteiger partial charge in [0, 0.05) is 12.3 Å². The van der Waals surface area contributed by atoms with Crippen LogP contribution in [0.1, 0.15) is 5.82 Å². The fourth-order valence-electron chi connectivity index (χ4n) is 1.39. The van der Waals surface area contributed by atoms with Crippen LogP contribution < -0.4 is 0 Å². The minimum atomic E-state index is -4.68. The summed E-state index contributed by atoms with van der Waals surface area (Å²) in [5.74, 6) is -4.96. The van der Waals surface area contributed by atoms with Crippen molar-refractivity contribution in [2.45, 2.75) is 12.1 Å². The van der Waals surface area contributed by atoms with Gasteiger partial charge in [0.05, 0.1) is 13.1 Å². The highest BCUT2D eigenvalue weighted by atomic mass is 19.4. The van der Waals surface area contributed by atoms with E-state index in [2.05, 4.69) is 10.1 Å². The number of rotatable bonds is 2. The van der Waals surface area contributed by atoms with E-state index in [4.69, 9.17) is 0 Å². The van der Waals surface area contributed by atoms with E-state index in [1.165, 1.54) is 0 Å². The first-order valence-corrected chi connectivity index (χ1v) is 5.01. The van der Waals surface area contributed by atoms with Crippen LogP contribution in [0.15, 0.2) is 12.4 Å². The number of carbonyl (C=O) groups excluding carboxylic acids is 1. The minimum absolute atomic E-state index is 0.679. The van der Waals surface area contributed by atoms with Crippen LogP contribution in [0.4, 0.5) is 22.0 Å². The quantitative estimate of drug-likeness (QED) is 0.606. The monoisotopic (exact) mass is 282 g/mol. The molecule has 0 radical (unpaired) electrons. The molecule has 2 heterocycles. The lowest BCUT2D eigenvalue weighted by molar-refractivity contribution is -0.160. The smallest absolute Gasteiger partial charge is 0.327 e. The molecule has 0 unspecified atom stereocenters. The Morgan fingerprint density at radius 2 is 2.00 bits per heavy atom. The lowest BCUT2D eigenvalue weighted by Gasteiger charge is -2.37. The molecule has 1 aromatic rings. The number of aromatic nitrogens is 3. The van der Waals surface area contributed by atoms with Crippen LogP contribution in [0.2, 0.25) is 0 Å². The van der Waals surface area contributed by atoms with E-state index in [-0.39, 0.29) is 0 Å². The Morgan fingerprint density at radius 1 is 1.37 bits per heavy atom. The zero-order chi connectivity index (χ0) is 14.3. The molecule has 1 aliphatic heterocycles. The van der Waals surface area contributed by atoms with Crippen molar-refractivity contribution in [1.82, 2.24) is 19.7 Å². The van der Waals surface area contributed by atoms with Crippen LogP contribution >= 0.6 is 0 Å². The van der Waals surface area contributed by atoms with Crippen molar-refractivity contribution in [3.05, 3.63) is 18.2 Å². The van der Waals surface area contributed by atoms with Gasteiger partial charge in [-0.1, -0.05) is 0 Å². The maximum Gasteiger partial charge on any atom is 0.453 e. The third-order valence-corrected chi connectivity index (χ3v) is 2.29. The van der Waals surface area contributed by atoms with Crippen molar-refractivity contribution in [2.75, 3.05) is 13.1 Å². The second-order valence-electron chi connectivity index (χ2n) is 3.91. The Balaban J connectivity index is 1.96. The molecule has 0 atom stereocenters. The number of hydrogen-bond acceptors (Lipinski definition) is 3. The summed E-state index contributed by atoms with van der Waals surface area (Å²) in [7, 11) is 0. The Morgan fingerprint density at radius 3 is 2.47 bits per heavy atom. The van der Waals surface area contributed by atoms with Gasteiger partial charge in [-0.15, -0.1) is 5.10 Å². The van der Waals surface area contributed by atoms with E-state index in [0.29, 0.717) is 4.68 Å². The molecule has 0 aromatic carbocycles. The van der Waals surface area contributed by atoms with Crippen molar-refractivity contribution in [2.24, 2.45) is 0 Å². The molecule has 1 aliphatic rings. The number of likely N-dealkylation sites (tertiary alicyclic amines) is 1. The fraction of sp³-hybridized carbons (Fsp3) is 0.444. The topological polar surface area (TPSA) is 51.0 Å². The predicted molar refractivity (Wildman–Crippen MR) is 51.9 cm³/mol. The van der Waals surface area contributed by atoms with E-state index >= 15 is 0 Å². The highest BCUT2D eigenvalue weighted by molar-refractivity contribution is 5.90. The highest BCUT2D eigenvalue weighted by Gasteiger charge is 2.45. The molecule has 104 valence electrons. The molecule has 5 nitrogen and oxygen atoms in total. The van der Waals surface area contributed by atoms with Gasteiger partial charge in [0.15, 0.2) is 0 Å². The predicted octanol–water partition coefficient (Wildman–Crippen LogP) is 1.25. The summed E-state index contributed by atoms with van der Waals surface area (Å²) < 4.78 is 62.1. The Kier molecular flexibility index (Phi) is 3.03. The third kappa shape index (κ3) is 3.06. The molecule has 0 bridgehead atoms. The summed E-state index contributed by atoms with van der Waals surface area (Å²) in [5.41, 5.74) is 0. The SMILES string of the molecule is O=C(/C=C/n1cnc(C(F)(F)F)n1)N1CC(F)(F)C1. The molecule has 2 rings (SSSR count). The largest absolute Gasteiger partial charge is 0.453 e. The lowest BCUT2D eigenvalue weighted by atomic mass is 10.1. The van der Waals surface area contributed by atoms with Gasteiger partial charge in [0.25, 0.3) is 11.7 Å². The van der Waals surface area contributed by atoms with Crippen molar-refractivity contribution >= 4 is 12.1 Å². The molecule has 0 N–H and O–H groups in total. The van der Waals surface area contributed by atoms with E-state index in [9.17, 15) is 26.7 Å². The first-order chi connectivity index (χ1) is 8.67. The Bertz CT molecular complexity index is 513. The second-order valence-corrected chi connectivity index (χ2v) is 3.91. The molecule has 0 aliphatic carbocycles. The lowest BCUT2D eigenvalue weighted by Crippen LogP contribution is -2.58. The van der Waals surface area contributed by atoms with Gasteiger partial charge in [-0.05, 0) is 0 Å². The molecular formula is C9H7F5N4O. The average molecular weight is 282 g/mol. The minimum Gasteiger partial charge on any atom is -0.327 e. The zero-order valence-corrected chi connectivity index (χ0v) is 9.23. The molecule has 10 heteroatoms. The van der Waals surface area contributed by atoms with Gasteiger partial charge in [0.2, 0.25) is 5.91 Å². The molecule has 1 fully saturated rings. The first kappa shape index (κ1) is 13.4. The summed E-state index contributed by atoms with van der Waals surface area (Å²) in [5, 5.41) is 3.06. The van der Waals surface area contributed by atoms with Gasteiger partial charge in [-0.3, -0.25) is 4.79 Å². The van der Waals surface area contributed by atoms with Crippen LogP contribution in [0.3, 0.4) is 0 Å². The van der Waals surface area contributed by atoms with Crippen LogP contribution in [-0.4, -0.2) is 44.6 Å². The molecule has 1 aromatic heterocycles. The highest BCUT2D eigenvalue weighted by Crippen LogP contribution is 2.27. The maximum absolute atomic E-state index is 12.5. The zero-order valence-electron chi connectivity index (χ0n) is 9.23. The average Bonchev–Trinajstić information content (AvgIpc) is 2.70. The van der Waals surface area contributed by atoms with Crippen LogP contribution in [-0.2, 0) is 11.0 Å². The normalized spacial score (nSPS) is 18.7. The van der Waals surface area contributed by atoms with Gasteiger partial charge in [-0.2, -0.15) is 13.2 Å². The Hall–Kier alpha value is -2.00. The number of halogens is 5. The molecule has 1 saturated heterocycles. The Labute approximate surface area is 103 Å². The summed E-state index contributed by atoms with van der Waals surface area (Å²) >= 11 is 0. The molecule has 0 saturated carbocycles.